The molecule has 0 bridgehead atoms. The number of benzene rings is 1. The number of hydrogen-bond acceptors (Lipinski definition) is 6. The molecule has 9 nitrogen and oxygen atoms in total. The highest BCUT2D eigenvalue weighted by Gasteiger charge is 2.20. The minimum absolute atomic E-state index is 0.000720. The number of carboxylic acids is 1. The number of rotatable bonds is 7. The number of non-ortho nitro benzene ring substituents is 1. The number of nitrogens with zero attached hydrogens (tertiary/aromatic N) is 1. The van der Waals surface area contributed by atoms with Gasteiger partial charge in [-0.1, -0.05) is 0 Å². The predicted molar refractivity (Wildman–Crippen MR) is 82.2 cm³/mol. The zero-order valence-corrected chi connectivity index (χ0v) is 13.1. The lowest BCUT2D eigenvalue weighted by molar-refractivity contribution is -0.384. The van der Waals surface area contributed by atoms with Crippen LogP contribution in [0.25, 0.3) is 0 Å². The van der Waals surface area contributed by atoms with Crippen LogP contribution in [0.15, 0.2) is 18.2 Å². The topological polar surface area (TPSA) is 128 Å². The van der Waals surface area contributed by atoms with Gasteiger partial charge in [0.25, 0.3) is 11.6 Å². The van der Waals surface area contributed by atoms with E-state index < -0.39 is 22.5 Å². The fraction of sp³-hybridized carbons (Fsp3) is 0.467. The molecular weight excluding hydrogens is 320 g/mol. The van der Waals surface area contributed by atoms with E-state index in [1.54, 1.807) is 6.92 Å². The van der Waals surface area contributed by atoms with Crippen LogP contribution in [0.3, 0.4) is 0 Å². The summed E-state index contributed by atoms with van der Waals surface area (Å²) < 4.78 is 10.8. The maximum atomic E-state index is 12.2. The smallest absolute Gasteiger partial charge is 0.335 e. The standard InChI is InChI=1S/C15H18N2O7/c1-9(7-24-13-2-3-23-8-13)16-14(18)10-4-11(15(19)20)6-12(5-10)17(21)22/h4-6,9,13H,2-3,7-8H2,1H3,(H,16,18)(H,19,20). The van der Waals surface area contributed by atoms with Gasteiger partial charge in [0.15, 0.2) is 0 Å². The first-order valence-electron chi connectivity index (χ1n) is 7.40. The molecule has 1 aromatic rings. The highest BCUT2D eigenvalue weighted by molar-refractivity contribution is 5.98. The molecular formula is C15H18N2O7. The third-order valence-corrected chi connectivity index (χ3v) is 3.49. The maximum absolute atomic E-state index is 12.2. The molecule has 1 aliphatic rings. The predicted octanol–water partition coefficient (Wildman–Crippen LogP) is 1.22. The van der Waals surface area contributed by atoms with E-state index in [1.807, 2.05) is 0 Å². The van der Waals surface area contributed by atoms with E-state index in [-0.39, 0.29) is 29.9 Å². The number of carboxylic acid groups (broad SMARTS) is 1. The fourth-order valence-corrected chi connectivity index (χ4v) is 2.24. The lowest BCUT2D eigenvalue weighted by Crippen LogP contribution is -2.37. The van der Waals surface area contributed by atoms with Crippen molar-refractivity contribution in [1.82, 2.24) is 5.32 Å². The van der Waals surface area contributed by atoms with Crippen molar-refractivity contribution in [2.75, 3.05) is 19.8 Å². The summed E-state index contributed by atoms with van der Waals surface area (Å²) in [5.74, 6) is -1.94. The van der Waals surface area contributed by atoms with Gasteiger partial charge in [-0.2, -0.15) is 0 Å². The van der Waals surface area contributed by atoms with E-state index in [9.17, 15) is 19.7 Å². The lowest BCUT2D eigenvalue weighted by Gasteiger charge is -2.17. The zero-order chi connectivity index (χ0) is 17.7. The molecule has 0 spiro atoms. The van der Waals surface area contributed by atoms with Gasteiger partial charge in [-0.15, -0.1) is 0 Å². The van der Waals surface area contributed by atoms with Crippen molar-refractivity contribution in [2.24, 2.45) is 0 Å². The quantitative estimate of drug-likeness (QED) is 0.565. The molecule has 1 aromatic carbocycles. The molecule has 1 saturated heterocycles. The number of aromatic carboxylic acids is 1. The van der Waals surface area contributed by atoms with Gasteiger partial charge >= 0.3 is 5.97 Å². The Hall–Kier alpha value is -2.52. The molecule has 2 rings (SSSR count). The van der Waals surface area contributed by atoms with Gasteiger partial charge in [0.1, 0.15) is 0 Å². The lowest BCUT2D eigenvalue weighted by atomic mass is 10.1. The summed E-state index contributed by atoms with van der Waals surface area (Å²) in [6.07, 6.45) is 0.800. The molecule has 2 atom stereocenters. The monoisotopic (exact) mass is 338 g/mol. The molecule has 0 saturated carbocycles. The van der Waals surface area contributed by atoms with Crippen molar-refractivity contribution in [3.8, 4) is 0 Å². The summed E-state index contributed by atoms with van der Waals surface area (Å²) in [5, 5.41) is 22.5. The number of ether oxygens (including phenoxy) is 2. The van der Waals surface area contributed by atoms with Crippen molar-refractivity contribution in [1.29, 1.82) is 0 Å². The Balaban J connectivity index is 2.02. The highest BCUT2D eigenvalue weighted by Crippen LogP contribution is 2.18. The van der Waals surface area contributed by atoms with E-state index in [4.69, 9.17) is 14.6 Å². The molecule has 1 aliphatic heterocycles. The Morgan fingerprint density at radius 3 is 2.75 bits per heavy atom. The summed E-state index contributed by atoms with van der Waals surface area (Å²) >= 11 is 0. The Kier molecular flexibility index (Phi) is 5.83. The van der Waals surface area contributed by atoms with Gasteiger partial charge in [0.05, 0.1) is 29.8 Å². The largest absolute Gasteiger partial charge is 0.478 e. The second-order valence-electron chi connectivity index (χ2n) is 5.52. The first-order valence-corrected chi connectivity index (χ1v) is 7.40. The van der Waals surface area contributed by atoms with Gasteiger partial charge in [-0.3, -0.25) is 14.9 Å². The van der Waals surface area contributed by atoms with Crippen LogP contribution < -0.4 is 5.32 Å². The van der Waals surface area contributed by atoms with Crippen LogP contribution in [0.2, 0.25) is 0 Å². The third-order valence-electron chi connectivity index (χ3n) is 3.49. The number of nitro benzene ring substituents is 1. The first-order chi connectivity index (χ1) is 11.4. The van der Waals surface area contributed by atoms with E-state index in [2.05, 4.69) is 5.32 Å². The molecule has 1 fully saturated rings. The van der Waals surface area contributed by atoms with Crippen molar-refractivity contribution in [3.05, 3.63) is 39.4 Å². The Labute approximate surface area is 137 Å². The molecule has 0 radical (unpaired) electrons. The summed E-state index contributed by atoms with van der Waals surface area (Å²) in [6.45, 7) is 3.16. The zero-order valence-electron chi connectivity index (χ0n) is 13.1. The summed E-state index contributed by atoms with van der Waals surface area (Å²) in [7, 11) is 0. The van der Waals surface area contributed by atoms with Gasteiger partial charge in [-0.05, 0) is 19.4 Å². The molecule has 2 N–H and O–H groups in total. The average Bonchev–Trinajstić information content (AvgIpc) is 3.05. The van der Waals surface area contributed by atoms with E-state index in [0.717, 1.165) is 24.6 Å². The molecule has 24 heavy (non-hydrogen) atoms. The number of carbonyl (C=O) groups excluding carboxylic acids is 1. The van der Waals surface area contributed by atoms with Gasteiger partial charge in [0.2, 0.25) is 0 Å². The average molecular weight is 338 g/mol. The van der Waals surface area contributed by atoms with Crippen LogP contribution in [0.1, 0.15) is 34.1 Å². The van der Waals surface area contributed by atoms with E-state index in [1.165, 1.54) is 0 Å². The fourth-order valence-electron chi connectivity index (χ4n) is 2.24. The van der Waals surface area contributed by atoms with Gasteiger partial charge in [-0.25, -0.2) is 4.79 Å². The van der Waals surface area contributed by atoms with E-state index in [0.29, 0.717) is 13.2 Å². The number of hydrogen-bond donors (Lipinski definition) is 2. The van der Waals surface area contributed by atoms with E-state index >= 15 is 0 Å². The van der Waals surface area contributed by atoms with Crippen molar-refractivity contribution in [2.45, 2.75) is 25.5 Å². The molecule has 9 heteroatoms. The van der Waals surface area contributed by atoms with Gasteiger partial charge < -0.3 is 19.9 Å². The minimum atomic E-state index is -1.34. The molecule has 1 heterocycles. The van der Waals surface area contributed by atoms with Crippen LogP contribution in [0, 0.1) is 10.1 Å². The van der Waals surface area contributed by atoms with Gasteiger partial charge in [0, 0.05) is 30.3 Å². The molecule has 130 valence electrons. The maximum Gasteiger partial charge on any atom is 0.335 e. The summed E-state index contributed by atoms with van der Waals surface area (Å²) in [4.78, 5) is 33.4. The summed E-state index contributed by atoms with van der Waals surface area (Å²) in [6, 6.07) is 2.71. The Morgan fingerprint density at radius 2 is 2.17 bits per heavy atom. The van der Waals surface area contributed by atoms with Crippen LogP contribution in [0.4, 0.5) is 5.69 Å². The SMILES string of the molecule is CC(COC1CCOC1)NC(=O)c1cc(C(=O)O)cc([N+](=O)[O-])c1. The Morgan fingerprint density at radius 1 is 1.46 bits per heavy atom. The van der Waals surface area contributed by atoms with Crippen LogP contribution >= 0.6 is 0 Å². The Bertz CT molecular complexity index is 608. The number of nitrogens with one attached hydrogen (secondary N) is 1. The highest BCUT2D eigenvalue weighted by atomic mass is 16.6. The van der Waals surface area contributed by atoms with Crippen LogP contribution in [-0.2, 0) is 9.47 Å². The molecule has 2 unspecified atom stereocenters. The number of nitro groups is 1. The normalized spacial score (nSPS) is 18.1. The van der Waals surface area contributed by atoms with Crippen molar-refractivity contribution in [3.63, 3.8) is 0 Å². The number of amides is 1. The van der Waals surface area contributed by atoms with Crippen molar-refractivity contribution >= 4 is 17.6 Å². The second-order valence-corrected chi connectivity index (χ2v) is 5.52. The minimum Gasteiger partial charge on any atom is -0.478 e. The van der Waals surface area contributed by atoms with Crippen molar-refractivity contribution < 1.29 is 29.1 Å². The summed E-state index contributed by atoms with van der Waals surface area (Å²) in [5.41, 5.74) is -0.855. The molecule has 0 aliphatic carbocycles. The molecule has 1 amide bonds. The molecule has 0 aromatic heterocycles. The first kappa shape index (κ1) is 17.8. The second kappa shape index (κ2) is 7.84. The third kappa shape index (κ3) is 4.74. The van der Waals surface area contributed by atoms with Crippen LogP contribution in [0.5, 0.6) is 0 Å². The van der Waals surface area contributed by atoms with Crippen LogP contribution in [-0.4, -0.2) is 53.9 Å². The number of carbonyl (C=O) groups is 2.